The zero-order chi connectivity index (χ0) is 21.8. The molecule has 1 N–H and O–H groups in total. The van der Waals surface area contributed by atoms with Crippen molar-refractivity contribution in [3.63, 3.8) is 0 Å². The van der Waals surface area contributed by atoms with Crippen molar-refractivity contribution in [3.05, 3.63) is 121 Å². The van der Waals surface area contributed by atoms with Gasteiger partial charge in [-0.3, -0.25) is 0 Å². The average molecular weight is 414 g/mol. The first-order chi connectivity index (χ1) is 15.8. The van der Waals surface area contributed by atoms with E-state index < -0.39 is 0 Å². The lowest BCUT2D eigenvalue weighted by Crippen LogP contribution is -2.11. The molecule has 0 atom stereocenters. The van der Waals surface area contributed by atoms with Gasteiger partial charge in [0.1, 0.15) is 5.75 Å². The molecule has 0 saturated heterocycles. The zero-order valence-corrected chi connectivity index (χ0v) is 17.4. The van der Waals surface area contributed by atoms with Gasteiger partial charge >= 0.3 is 7.69 Å². The van der Waals surface area contributed by atoms with Gasteiger partial charge < -0.3 is 14.6 Å². The van der Waals surface area contributed by atoms with E-state index in [4.69, 9.17) is 9.68 Å². The molecule has 3 nitrogen and oxygen atoms in total. The van der Waals surface area contributed by atoms with Gasteiger partial charge in [0.05, 0.1) is 5.69 Å². The molecule has 0 heterocycles. The third-order valence-corrected chi connectivity index (χ3v) is 5.50. The van der Waals surface area contributed by atoms with Gasteiger partial charge in [-0.25, -0.2) is 0 Å². The quantitative estimate of drug-likeness (QED) is 0.308. The number of hydrogen-bond acceptors (Lipinski definition) is 3. The lowest BCUT2D eigenvalue weighted by Gasteiger charge is -2.27. The first-order valence-electron chi connectivity index (χ1n) is 10.5. The summed E-state index contributed by atoms with van der Waals surface area (Å²) in [5.74, 6) is 0.566. The van der Waals surface area contributed by atoms with Crippen LogP contribution in [0, 0.1) is 0 Å². The summed E-state index contributed by atoms with van der Waals surface area (Å²) in [4.78, 5) is 2.21. The van der Waals surface area contributed by atoms with E-state index in [0.717, 1.165) is 22.4 Å². The molecule has 32 heavy (non-hydrogen) atoms. The van der Waals surface area contributed by atoms with Gasteiger partial charge in [0.2, 0.25) is 0 Å². The Balaban J connectivity index is 1.66. The monoisotopic (exact) mass is 414 g/mol. The Morgan fingerprint density at radius 3 is 2.09 bits per heavy atom. The molecule has 0 saturated carbocycles. The van der Waals surface area contributed by atoms with Gasteiger partial charge in [0, 0.05) is 22.8 Å². The van der Waals surface area contributed by atoms with Crippen molar-refractivity contribution in [2.75, 3.05) is 4.90 Å². The highest BCUT2D eigenvalue weighted by Crippen LogP contribution is 2.40. The van der Waals surface area contributed by atoms with Crippen LogP contribution in [0.15, 0.2) is 121 Å². The van der Waals surface area contributed by atoms with E-state index in [1.807, 2.05) is 30.3 Å². The summed E-state index contributed by atoms with van der Waals surface area (Å²) in [5, 5.41) is 11.4. The van der Waals surface area contributed by atoms with Crippen LogP contribution < -0.4 is 9.55 Å². The summed E-state index contributed by atoms with van der Waals surface area (Å²) in [6, 6.07) is 41.3. The molecule has 0 amide bonds. The summed E-state index contributed by atoms with van der Waals surface area (Å²) in [6.45, 7) is 0. The van der Waals surface area contributed by atoms with E-state index in [9.17, 15) is 0 Å². The third kappa shape index (κ3) is 3.96. The van der Waals surface area contributed by atoms with Crippen LogP contribution in [0.2, 0.25) is 0 Å². The van der Waals surface area contributed by atoms with Crippen LogP contribution in [-0.2, 0) is 0 Å². The maximum atomic E-state index is 9.10. The second kappa shape index (κ2) is 9.00. The standard InChI is InChI=1S/C28H21BNO2/c31-29-32-26-13-7-12-25(20-26)30(28-15-6-11-23-10-4-5-14-27(23)28)24-18-16-22(17-19-24)21-8-2-1-3-9-21/h1-20,31H. The molecule has 5 rings (SSSR count). The van der Waals surface area contributed by atoms with Crippen LogP contribution in [-0.4, -0.2) is 12.7 Å². The highest BCUT2D eigenvalue weighted by atomic mass is 16.5. The number of benzene rings is 5. The van der Waals surface area contributed by atoms with Gasteiger partial charge in [0.25, 0.3) is 0 Å². The Hall–Kier alpha value is -4.02. The molecule has 1 radical (unpaired) electrons. The largest absolute Gasteiger partial charge is 0.569 e. The van der Waals surface area contributed by atoms with Crippen molar-refractivity contribution in [1.82, 2.24) is 0 Å². The summed E-state index contributed by atoms with van der Waals surface area (Å²) in [7, 11) is 0.704. The Kier molecular flexibility index (Phi) is 5.60. The van der Waals surface area contributed by atoms with Crippen molar-refractivity contribution in [2.45, 2.75) is 0 Å². The Morgan fingerprint density at radius 2 is 1.28 bits per heavy atom. The predicted molar refractivity (Wildman–Crippen MR) is 133 cm³/mol. The second-order valence-electron chi connectivity index (χ2n) is 7.47. The lowest BCUT2D eigenvalue weighted by molar-refractivity contribution is 0.454. The average Bonchev–Trinajstić information content (AvgIpc) is 2.86. The molecule has 0 spiro atoms. The minimum absolute atomic E-state index is 0.566. The van der Waals surface area contributed by atoms with Crippen LogP contribution in [0.25, 0.3) is 21.9 Å². The fourth-order valence-corrected chi connectivity index (χ4v) is 4.02. The second-order valence-corrected chi connectivity index (χ2v) is 7.47. The highest BCUT2D eigenvalue weighted by molar-refractivity contribution is 6.17. The minimum Gasteiger partial charge on any atom is -0.537 e. The van der Waals surface area contributed by atoms with Crippen molar-refractivity contribution in [3.8, 4) is 16.9 Å². The van der Waals surface area contributed by atoms with Gasteiger partial charge in [0.15, 0.2) is 0 Å². The molecule has 0 aliphatic rings. The first kappa shape index (κ1) is 19.9. The highest BCUT2D eigenvalue weighted by Gasteiger charge is 2.16. The molecule has 4 heteroatoms. The van der Waals surface area contributed by atoms with Crippen molar-refractivity contribution in [2.24, 2.45) is 0 Å². The Morgan fingerprint density at radius 1 is 0.594 bits per heavy atom. The summed E-state index contributed by atoms with van der Waals surface area (Å²) >= 11 is 0. The predicted octanol–water partition coefficient (Wildman–Crippen LogP) is 6.88. The van der Waals surface area contributed by atoms with Gasteiger partial charge in [-0.05, 0) is 46.8 Å². The molecule has 5 aromatic carbocycles. The SMILES string of the molecule is O[B]Oc1cccc(N(c2ccc(-c3ccccc3)cc2)c2cccc3ccccc23)c1. The molecule has 0 aliphatic carbocycles. The maximum absolute atomic E-state index is 9.10. The molecule has 153 valence electrons. The minimum atomic E-state index is 0.566. The Labute approximate surface area is 188 Å². The van der Waals surface area contributed by atoms with Crippen LogP contribution in [0.1, 0.15) is 0 Å². The van der Waals surface area contributed by atoms with Gasteiger partial charge in [-0.1, -0.05) is 84.9 Å². The maximum Gasteiger partial charge on any atom is 0.569 e. The van der Waals surface area contributed by atoms with Crippen LogP contribution in [0.3, 0.4) is 0 Å². The zero-order valence-electron chi connectivity index (χ0n) is 17.4. The first-order valence-corrected chi connectivity index (χ1v) is 10.5. The molecule has 0 aliphatic heterocycles. The molecule has 0 bridgehead atoms. The Bertz CT molecular complexity index is 1330. The number of nitrogens with zero attached hydrogens (tertiary/aromatic N) is 1. The lowest BCUT2D eigenvalue weighted by atomic mass is 10.0. The molecular weight excluding hydrogens is 393 g/mol. The normalized spacial score (nSPS) is 10.7. The van der Waals surface area contributed by atoms with Crippen molar-refractivity contribution < 1.29 is 9.68 Å². The van der Waals surface area contributed by atoms with Gasteiger partial charge in [-0.15, -0.1) is 0 Å². The summed E-state index contributed by atoms with van der Waals surface area (Å²) in [5.41, 5.74) is 5.39. The summed E-state index contributed by atoms with van der Waals surface area (Å²) < 4.78 is 5.24. The van der Waals surface area contributed by atoms with Crippen LogP contribution >= 0.6 is 0 Å². The van der Waals surface area contributed by atoms with Crippen molar-refractivity contribution >= 4 is 35.5 Å². The van der Waals surface area contributed by atoms with E-state index in [0.29, 0.717) is 13.4 Å². The number of hydrogen-bond donors (Lipinski definition) is 1. The van der Waals surface area contributed by atoms with Crippen LogP contribution in [0.4, 0.5) is 17.1 Å². The number of anilines is 3. The van der Waals surface area contributed by atoms with E-state index in [1.54, 1.807) is 0 Å². The third-order valence-electron chi connectivity index (χ3n) is 5.50. The number of rotatable bonds is 6. The van der Waals surface area contributed by atoms with Crippen molar-refractivity contribution in [1.29, 1.82) is 0 Å². The molecule has 0 fully saturated rings. The topological polar surface area (TPSA) is 32.7 Å². The fourth-order valence-electron chi connectivity index (χ4n) is 4.02. The van der Waals surface area contributed by atoms with E-state index in [1.165, 1.54) is 16.5 Å². The molecule has 0 unspecified atom stereocenters. The fraction of sp³-hybridized carbons (Fsp3) is 0. The van der Waals surface area contributed by atoms with E-state index >= 15 is 0 Å². The van der Waals surface area contributed by atoms with E-state index in [2.05, 4.69) is 95.9 Å². The molecule has 0 aromatic heterocycles. The number of fused-ring (bicyclic) bond motifs is 1. The van der Waals surface area contributed by atoms with E-state index in [-0.39, 0.29) is 0 Å². The smallest absolute Gasteiger partial charge is 0.537 e. The van der Waals surface area contributed by atoms with Crippen LogP contribution in [0.5, 0.6) is 5.75 Å². The van der Waals surface area contributed by atoms with Gasteiger partial charge in [-0.2, -0.15) is 0 Å². The summed E-state index contributed by atoms with van der Waals surface area (Å²) in [6.07, 6.45) is 0. The molecule has 5 aromatic rings. The molecular formula is C28H21BNO2.